The van der Waals surface area contributed by atoms with Crippen molar-refractivity contribution >= 4 is 122 Å². The Morgan fingerprint density at radius 3 is 0.800 bits per heavy atom. The van der Waals surface area contributed by atoms with E-state index in [1.165, 1.54) is 0 Å². The van der Waals surface area contributed by atoms with Gasteiger partial charge in [-0.25, -0.2) is 0 Å². The topological polar surface area (TPSA) is 161 Å². The van der Waals surface area contributed by atoms with Gasteiger partial charge in [0.25, 0.3) is 0 Å². The van der Waals surface area contributed by atoms with E-state index in [4.69, 9.17) is 0 Å². The van der Waals surface area contributed by atoms with Crippen molar-refractivity contribution in [1.82, 2.24) is 0 Å². The summed E-state index contributed by atoms with van der Waals surface area (Å²) in [5.41, 5.74) is -4.11. The Hall–Kier alpha value is 0.243. The molecule has 0 spiro atoms. The summed E-state index contributed by atoms with van der Waals surface area (Å²) in [6, 6.07) is 0.613. The normalized spacial score (nSPS) is 8.80. The van der Waals surface area contributed by atoms with Gasteiger partial charge < -0.3 is 39.6 Å². The van der Waals surface area contributed by atoms with Crippen molar-refractivity contribution in [3.63, 3.8) is 0 Å². The van der Waals surface area contributed by atoms with E-state index in [1.807, 2.05) is 0 Å². The first-order valence-corrected chi connectivity index (χ1v) is 4.29. The monoisotopic (exact) mass is 526 g/mol. The summed E-state index contributed by atoms with van der Waals surface area (Å²) >= 11 is 0. The van der Waals surface area contributed by atoms with E-state index in [0.29, 0.717) is 12.1 Å². The van der Waals surface area contributed by atoms with Crippen LogP contribution in [-0.4, -0.2) is 122 Å². The molecule has 10 heteroatoms. The van der Waals surface area contributed by atoms with Gasteiger partial charge in [-0.15, -0.1) is 0 Å². The molecule has 1 aromatic rings. The summed E-state index contributed by atoms with van der Waals surface area (Å²) in [4.78, 5) is 42.4. The number of benzene rings is 1. The van der Waals surface area contributed by atoms with Gasteiger partial charge in [0.05, 0.1) is 23.9 Å². The van der Waals surface area contributed by atoms with Gasteiger partial charge in [0, 0.05) is 22.3 Å². The van der Waals surface area contributed by atoms with Gasteiger partial charge in [0.15, 0.2) is 0 Å². The minimum Gasteiger partial charge on any atom is -0.545 e. The van der Waals surface area contributed by atoms with E-state index in [9.17, 15) is 39.6 Å². The Kier molecular flexibility index (Phi) is 10.5. The summed E-state index contributed by atoms with van der Waals surface area (Å²) in [5.74, 6) is -7.99. The molecule has 0 aromatic heterocycles. The zero-order valence-corrected chi connectivity index (χ0v) is 18.7. The first kappa shape index (κ1) is 22.5. The predicted octanol–water partition coefficient (Wildman–Crippen LogP) is -5.62. The zero-order chi connectivity index (χ0) is 14.0. The number of hydrogen-bond donors (Lipinski definition) is 0. The number of aromatic carboxylic acids is 4. The maximum absolute atomic E-state index is 10.6. The molecule has 0 atom stereocenters. The third-order valence-corrected chi connectivity index (χ3v) is 2.04. The third kappa shape index (κ3) is 5.22. The predicted molar refractivity (Wildman–Crippen MR) is 55.3 cm³/mol. The quantitative estimate of drug-likeness (QED) is 0.352. The molecule has 0 saturated heterocycles. The van der Waals surface area contributed by atoms with E-state index >= 15 is 0 Å². The second-order valence-corrected chi connectivity index (χ2v) is 3.09. The molecule has 8 nitrogen and oxygen atoms in total. The summed E-state index contributed by atoms with van der Waals surface area (Å²) in [6.07, 6.45) is 0. The van der Waals surface area contributed by atoms with Crippen LogP contribution in [0.15, 0.2) is 12.1 Å². The number of rotatable bonds is 4. The molecule has 0 fully saturated rings. The summed E-state index contributed by atoms with van der Waals surface area (Å²) in [5, 5.41) is 42.4. The second kappa shape index (κ2) is 9.30. The number of carboxylic acids is 4. The van der Waals surface area contributed by atoms with E-state index in [1.54, 1.807) is 0 Å². The molecule has 0 unspecified atom stereocenters. The average molecular weight is 525 g/mol. The fourth-order valence-electron chi connectivity index (χ4n) is 1.28. The molecule has 94 valence electrons. The molecule has 0 aliphatic rings. The number of carboxylic acid groups (broad SMARTS) is 4. The molecule has 0 aliphatic heterocycles. The molecule has 0 radical (unpaired) electrons. The standard InChI is InChI=1S/C10H6O8.2Ba/c11-7(12)3-1-4(8(13)14)6(10(17)18)2-5(3)9(15)16;;/h1-2H,(H,11,12)(H,13,14)(H,15,16)(H,17,18);;/q;2*+2/p-4. The van der Waals surface area contributed by atoms with Gasteiger partial charge in [0.1, 0.15) is 0 Å². The van der Waals surface area contributed by atoms with Gasteiger partial charge in [-0.2, -0.15) is 0 Å². The Labute approximate surface area is 192 Å². The molecule has 0 aliphatic carbocycles. The van der Waals surface area contributed by atoms with Gasteiger partial charge in [-0.1, -0.05) is 0 Å². The van der Waals surface area contributed by atoms with Crippen LogP contribution in [0.2, 0.25) is 0 Å². The average Bonchev–Trinajstić information content (AvgIpc) is 2.26. The SMILES string of the molecule is O=C([O-])c1cc(C(=O)[O-])c(C(=O)[O-])cc1C(=O)[O-].[Ba+2].[Ba+2]. The van der Waals surface area contributed by atoms with Crippen molar-refractivity contribution in [3.8, 4) is 0 Å². The van der Waals surface area contributed by atoms with Gasteiger partial charge in [-0.3, -0.25) is 0 Å². The Bertz CT molecular complexity index is 483. The molecule has 20 heavy (non-hydrogen) atoms. The first-order valence-electron chi connectivity index (χ1n) is 4.29. The van der Waals surface area contributed by atoms with Gasteiger partial charge >= 0.3 is 97.8 Å². The third-order valence-electron chi connectivity index (χ3n) is 2.04. The van der Waals surface area contributed by atoms with Crippen LogP contribution >= 0.6 is 0 Å². The van der Waals surface area contributed by atoms with Crippen molar-refractivity contribution < 1.29 is 39.6 Å². The van der Waals surface area contributed by atoms with Crippen LogP contribution in [0.4, 0.5) is 0 Å². The van der Waals surface area contributed by atoms with Crippen LogP contribution in [0.3, 0.4) is 0 Å². The fourth-order valence-corrected chi connectivity index (χ4v) is 1.28. The minimum absolute atomic E-state index is 0. The Morgan fingerprint density at radius 1 is 0.550 bits per heavy atom. The molecular formula is C10H2Ba2O8. The zero-order valence-electron chi connectivity index (χ0n) is 9.83. The Morgan fingerprint density at radius 2 is 0.700 bits per heavy atom. The molecule has 1 rings (SSSR count). The van der Waals surface area contributed by atoms with Crippen LogP contribution < -0.4 is 20.4 Å². The van der Waals surface area contributed by atoms with Crippen LogP contribution in [-0.2, 0) is 0 Å². The summed E-state index contributed by atoms with van der Waals surface area (Å²) < 4.78 is 0. The van der Waals surface area contributed by atoms with Crippen molar-refractivity contribution in [2.75, 3.05) is 0 Å². The largest absolute Gasteiger partial charge is 2.00 e. The van der Waals surface area contributed by atoms with Crippen molar-refractivity contribution in [2.24, 2.45) is 0 Å². The number of carbonyl (C=O) groups is 4. The smallest absolute Gasteiger partial charge is 0.545 e. The van der Waals surface area contributed by atoms with Crippen molar-refractivity contribution in [2.45, 2.75) is 0 Å². The Balaban J connectivity index is 0. The van der Waals surface area contributed by atoms with Crippen LogP contribution in [0.1, 0.15) is 41.4 Å². The van der Waals surface area contributed by atoms with Crippen molar-refractivity contribution in [3.05, 3.63) is 34.4 Å². The van der Waals surface area contributed by atoms with E-state index in [0.717, 1.165) is 0 Å². The summed E-state index contributed by atoms with van der Waals surface area (Å²) in [6.45, 7) is 0. The molecule has 0 heterocycles. The molecule has 0 bridgehead atoms. The molecule has 0 N–H and O–H groups in total. The van der Waals surface area contributed by atoms with E-state index in [-0.39, 0.29) is 97.8 Å². The molecule has 1 aromatic carbocycles. The van der Waals surface area contributed by atoms with Crippen molar-refractivity contribution in [1.29, 1.82) is 0 Å². The molecular weight excluding hydrogens is 523 g/mol. The van der Waals surface area contributed by atoms with Gasteiger partial charge in [0.2, 0.25) is 0 Å². The van der Waals surface area contributed by atoms with Crippen LogP contribution in [0.5, 0.6) is 0 Å². The molecule has 0 amide bonds. The number of carbonyl (C=O) groups excluding carboxylic acids is 4. The van der Waals surface area contributed by atoms with E-state index < -0.39 is 46.1 Å². The first-order chi connectivity index (χ1) is 8.25. The minimum atomic E-state index is -2.00. The number of hydrogen-bond acceptors (Lipinski definition) is 8. The summed E-state index contributed by atoms with van der Waals surface area (Å²) in [7, 11) is 0. The van der Waals surface area contributed by atoms with E-state index in [2.05, 4.69) is 0 Å². The second-order valence-electron chi connectivity index (χ2n) is 3.09. The van der Waals surface area contributed by atoms with Crippen LogP contribution in [0, 0.1) is 0 Å². The van der Waals surface area contributed by atoms with Crippen LogP contribution in [0.25, 0.3) is 0 Å². The molecule has 0 saturated carbocycles. The maximum Gasteiger partial charge on any atom is 2.00 e. The van der Waals surface area contributed by atoms with Gasteiger partial charge in [-0.05, 0) is 12.1 Å². The fraction of sp³-hybridized carbons (Fsp3) is 0. The maximum atomic E-state index is 10.6.